The van der Waals surface area contributed by atoms with E-state index in [9.17, 15) is 4.79 Å². The van der Waals surface area contributed by atoms with Gasteiger partial charge in [0.2, 0.25) is 0 Å². The lowest BCUT2D eigenvalue weighted by atomic mass is 9.94. The third kappa shape index (κ3) is 5.98. The lowest BCUT2D eigenvalue weighted by Crippen LogP contribution is -2.35. The summed E-state index contributed by atoms with van der Waals surface area (Å²) in [6, 6.07) is 2.60. The number of amides is 1. The average molecular weight is 320 g/mol. The van der Waals surface area contributed by atoms with Crippen LogP contribution in [-0.2, 0) is 6.42 Å². The Balaban J connectivity index is 1.65. The van der Waals surface area contributed by atoms with Gasteiger partial charge in [-0.3, -0.25) is 9.89 Å². The molecule has 0 radical (unpaired) electrons. The second kappa shape index (κ2) is 9.06. The highest BCUT2D eigenvalue weighted by Gasteiger charge is 2.17. The van der Waals surface area contributed by atoms with Crippen LogP contribution in [0.25, 0.3) is 0 Å². The molecule has 0 atom stereocenters. The Labute approximate surface area is 140 Å². The van der Waals surface area contributed by atoms with E-state index in [2.05, 4.69) is 41.3 Å². The van der Waals surface area contributed by atoms with E-state index >= 15 is 0 Å². The fraction of sp³-hybridized carbons (Fsp3) is 0.778. The molecule has 2 rings (SSSR count). The van der Waals surface area contributed by atoms with Crippen molar-refractivity contribution < 1.29 is 4.79 Å². The molecule has 0 saturated heterocycles. The van der Waals surface area contributed by atoms with Gasteiger partial charge in [0.25, 0.3) is 5.91 Å². The molecule has 0 unspecified atom stereocenters. The summed E-state index contributed by atoms with van der Waals surface area (Å²) in [4.78, 5) is 14.5. The summed E-state index contributed by atoms with van der Waals surface area (Å²) in [5, 5.41) is 10.0. The van der Waals surface area contributed by atoms with Crippen molar-refractivity contribution in [1.82, 2.24) is 20.4 Å². The molecule has 1 amide bonds. The van der Waals surface area contributed by atoms with Crippen LogP contribution in [-0.4, -0.2) is 47.2 Å². The van der Waals surface area contributed by atoms with Gasteiger partial charge in [-0.25, -0.2) is 0 Å². The molecule has 1 aromatic rings. The minimum atomic E-state index is -0.0726. The number of hydrogen-bond acceptors (Lipinski definition) is 3. The lowest BCUT2D eigenvalue weighted by molar-refractivity contribution is 0.0945. The maximum absolute atomic E-state index is 12.1. The highest BCUT2D eigenvalue weighted by Crippen LogP contribution is 2.21. The van der Waals surface area contributed by atoms with Crippen molar-refractivity contribution in [3.8, 4) is 0 Å². The molecule has 0 bridgehead atoms. The molecule has 1 aliphatic carbocycles. The molecule has 2 N–H and O–H groups in total. The monoisotopic (exact) mass is 320 g/mol. The highest BCUT2D eigenvalue weighted by atomic mass is 16.1. The van der Waals surface area contributed by atoms with Crippen LogP contribution >= 0.6 is 0 Å². The average Bonchev–Trinajstić information content (AvgIpc) is 2.99. The number of carbonyl (C=O) groups is 1. The smallest absolute Gasteiger partial charge is 0.271 e. The molecule has 0 spiro atoms. The second-order valence-corrected chi connectivity index (χ2v) is 7.26. The predicted octanol–water partition coefficient (Wildman–Crippen LogP) is 2.99. The largest absolute Gasteiger partial charge is 0.351 e. The summed E-state index contributed by atoms with van der Waals surface area (Å²) < 4.78 is 0. The Bertz CT molecular complexity index is 477. The number of nitrogens with zero attached hydrogens (tertiary/aromatic N) is 2. The van der Waals surface area contributed by atoms with E-state index in [-0.39, 0.29) is 5.91 Å². The zero-order valence-electron chi connectivity index (χ0n) is 14.9. The maximum atomic E-state index is 12.1. The van der Waals surface area contributed by atoms with E-state index in [1.54, 1.807) is 0 Å². The SMILES string of the molecule is CC(C)Cc1cc(C(=O)NCCCN(C)C2CCCCC2)n[nH]1. The van der Waals surface area contributed by atoms with Crippen molar-refractivity contribution in [3.63, 3.8) is 0 Å². The van der Waals surface area contributed by atoms with Gasteiger partial charge in [-0.2, -0.15) is 5.10 Å². The molecular formula is C18H32N4O. The summed E-state index contributed by atoms with van der Waals surface area (Å²) in [6.45, 7) is 6.07. The molecule has 1 heterocycles. The zero-order chi connectivity index (χ0) is 16.7. The minimum absolute atomic E-state index is 0.0726. The Morgan fingerprint density at radius 2 is 2.13 bits per heavy atom. The van der Waals surface area contributed by atoms with E-state index in [4.69, 9.17) is 0 Å². The maximum Gasteiger partial charge on any atom is 0.271 e. The van der Waals surface area contributed by atoms with Crippen LogP contribution in [0.3, 0.4) is 0 Å². The number of rotatable bonds is 8. The van der Waals surface area contributed by atoms with Gasteiger partial charge in [0.1, 0.15) is 5.69 Å². The van der Waals surface area contributed by atoms with Crippen molar-refractivity contribution in [2.45, 2.75) is 64.8 Å². The zero-order valence-corrected chi connectivity index (χ0v) is 14.9. The van der Waals surface area contributed by atoms with E-state index in [1.807, 2.05) is 6.07 Å². The lowest BCUT2D eigenvalue weighted by Gasteiger charge is -2.31. The molecule has 5 heteroatoms. The van der Waals surface area contributed by atoms with Gasteiger partial charge < -0.3 is 10.2 Å². The molecule has 5 nitrogen and oxygen atoms in total. The fourth-order valence-electron chi connectivity index (χ4n) is 3.35. The first-order chi connectivity index (χ1) is 11.1. The summed E-state index contributed by atoms with van der Waals surface area (Å²) in [5.74, 6) is 0.485. The topological polar surface area (TPSA) is 61.0 Å². The third-order valence-corrected chi connectivity index (χ3v) is 4.66. The van der Waals surface area contributed by atoms with Crippen LogP contribution in [0.1, 0.15) is 68.6 Å². The van der Waals surface area contributed by atoms with Crippen LogP contribution in [0.4, 0.5) is 0 Å². The summed E-state index contributed by atoms with van der Waals surface area (Å²) in [7, 11) is 2.21. The predicted molar refractivity (Wildman–Crippen MR) is 93.6 cm³/mol. The summed E-state index contributed by atoms with van der Waals surface area (Å²) in [6.07, 6.45) is 8.69. The van der Waals surface area contributed by atoms with Gasteiger partial charge in [-0.05, 0) is 51.3 Å². The Hall–Kier alpha value is -1.36. The normalized spacial score (nSPS) is 16.2. The molecule has 1 aromatic heterocycles. The van der Waals surface area contributed by atoms with Crippen LogP contribution in [0.2, 0.25) is 0 Å². The van der Waals surface area contributed by atoms with Crippen LogP contribution in [0, 0.1) is 5.92 Å². The first kappa shape index (κ1) is 18.0. The van der Waals surface area contributed by atoms with Crippen LogP contribution in [0.5, 0.6) is 0 Å². The number of aromatic amines is 1. The second-order valence-electron chi connectivity index (χ2n) is 7.26. The van der Waals surface area contributed by atoms with Crippen molar-refractivity contribution in [3.05, 3.63) is 17.5 Å². The van der Waals surface area contributed by atoms with Gasteiger partial charge in [0.05, 0.1) is 0 Å². The Morgan fingerprint density at radius 1 is 1.39 bits per heavy atom. The minimum Gasteiger partial charge on any atom is -0.351 e. The Morgan fingerprint density at radius 3 is 2.83 bits per heavy atom. The molecule has 1 saturated carbocycles. The van der Waals surface area contributed by atoms with Gasteiger partial charge in [-0.1, -0.05) is 33.1 Å². The van der Waals surface area contributed by atoms with E-state index in [0.29, 0.717) is 18.2 Å². The summed E-state index contributed by atoms with van der Waals surface area (Å²) >= 11 is 0. The number of aromatic nitrogens is 2. The first-order valence-electron chi connectivity index (χ1n) is 9.09. The molecule has 0 aromatic carbocycles. The van der Waals surface area contributed by atoms with E-state index in [1.165, 1.54) is 32.1 Å². The Kier molecular flexibility index (Phi) is 7.09. The fourth-order valence-corrected chi connectivity index (χ4v) is 3.35. The summed E-state index contributed by atoms with van der Waals surface area (Å²) in [5.41, 5.74) is 1.53. The van der Waals surface area contributed by atoms with Crippen LogP contribution < -0.4 is 5.32 Å². The van der Waals surface area contributed by atoms with Crippen molar-refractivity contribution >= 4 is 5.91 Å². The van der Waals surface area contributed by atoms with E-state index < -0.39 is 0 Å². The molecule has 130 valence electrons. The number of carbonyl (C=O) groups excluding carboxylic acids is 1. The number of H-pyrrole nitrogens is 1. The van der Waals surface area contributed by atoms with Gasteiger partial charge in [0, 0.05) is 18.3 Å². The number of hydrogen-bond donors (Lipinski definition) is 2. The van der Waals surface area contributed by atoms with Crippen molar-refractivity contribution in [2.75, 3.05) is 20.1 Å². The standard InChI is InChI=1S/C18H32N4O/c1-14(2)12-15-13-17(21-20-15)18(23)19-10-7-11-22(3)16-8-5-4-6-9-16/h13-14,16H,4-12H2,1-3H3,(H,19,23)(H,20,21). The van der Waals surface area contributed by atoms with Crippen molar-refractivity contribution in [2.24, 2.45) is 5.92 Å². The molecule has 1 fully saturated rings. The molecule has 1 aliphatic rings. The quantitative estimate of drug-likeness (QED) is 0.724. The van der Waals surface area contributed by atoms with Gasteiger partial charge >= 0.3 is 0 Å². The first-order valence-corrected chi connectivity index (χ1v) is 9.09. The van der Waals surface area contributed by atoms with E-state index in [0.717, 1.165) is 31.1 Å². The number of nitrogens with one attached hydrogen (secondary N) is 2. The molecule has 0 aliphatic heterocycles. The van der Waals surface area contributed by atoms with Crippen LogP contribution in [0.15, 0.2) is 6.07 Å². The molecular weight excluding hydrogens is 288 g/mol. The van der Waals surface area contributed by atoms with Crippen molar-refractivity contribution in [1.29, 1.82) is 0 Å². The highest BCUT2D eigenvalue weighted by molar-refractivity contribution is 5.92. The van der Waals surface area contributed by atoms with Gasteiger partial charge in [0.15, 0.2) is 0 Å². The van der Waals surface area contributed by atoms with Gasteiger partial charge in [-0.15, -0.1) is 0 Å². The molecule has 23 heavy (non-hydrogen) atoms. The third-order valence-electron chi connectivity index (χ3n) is 4.66.